The molecule has 0 amide bonds. The number of para-hydroxylation sites is 1. The van der Waals surface area contributed by atoms with Crippen LogP contribution in [0.25, 0.3) is 10.9 Å². The van der Waals surface area contributed by atoms with E-state index in [1.165, 1.54) is 29.6 Å². The van der Waals surface area contributed by atoms with Gasteiger partial charge in [0.05, 0.1) is 12.7 Å². The van der Waals surface area contributed by atoms with Crippen LogP contribution in [-0.4, -0.2) is 37.5 Å². The first kappa shape index (κ1) is 26.6. The molecule has 5 rings (SSSR count). The molecule has 0 unspecified atom stereocenters. The summed E-state index contributed by atoms with van der Waals surface area (Å²) in [5.41, 5.74) is 2.20. The van der Waals surface area contributed by atoms with Crippen LogP contribution >= 0.6 is 11.6 Å². The predicted octanol–water partition coefficient (Wildman–Crippen LogP) is 6.94. The summed E-state index contributed by atoms with van der Waals surface area (Å²) in [5, 5.41) is 1.39. The number of piperidine rings is 1. The van der Waals surface area contributed by atoms with E-state index in [-0.39, 0.29) is 16.6 Å². The van der Waals surface area contributed by atoms with Crippen molar-refractivity contribution in [2.75, 3.05) is 20.2 Å². The zero-order valence-electron chi connectivity index (χ0n) is 20.6. The molecule has 4 aromatic rings. The number of hydrogen-bond acceptors (Lipinski definition) is 3. The Morgan fingerprint density at radius 1 is 1.00 bits per heavy atom. The smallest absolute Gasteiger partial charge is 0.416 e. The van der Waals surface area contributed by atoms with Crippen LogP contribution in [0.15, 0.2) is 77.8 Å². The molecule has 200 valence electrons. The largest absolute Gasteiger partial charge is 0.495 e. The number of halogens is 4. The Morgan fingerprint density at radius 3 is 2.34 bits per heavy atom. The average molecular weight is 563 g/mol. The molecule has 1 aliphatic rings. The van der Waals surface area contributed by atoms with Crippen molar-refractivity contribution in [3.63, 3.8) is 0 Å². The summed E-state index contributed by atoms with van der Waals surface area (Å²) in [6, 6.07) is 17.7. The van der Waals surface area contributed by atoms with E-state index >= 15 is 0 Å². The van der Waals surface area contributed by atoms with E-state index in [2.05, 4.69) is 6.20 Å². The van der Waals surface area contributed by atoms with Gasteiger partial charge in [-0.1, -0.05) is 41.9 Å². The molecule has 0 radical (unpaired) electrons. The minimum absolute atomic E-state index is 0.0547. The second-order valence-electron chi connectivity index (χ2n) is 9.40. The summed E-state index contributed by atoms with van der Waals surface area (Å²) >= 11 is 6.07. The highest BCUT2D eigenvalue weighted by molar-refractivity contribution is 7.89. The molecular formula is C28H26ClF3N2O3S. The molecular weight excluding hydrogens is 537 g/mol. The normalized spacial score (nSPS) is 15.7. The summed E-state index contributed by atoms with van der Waals surface area (Å²) in [7, 11) is -2.36. The van der Waals surface area contributed by atoms with Crippen molar-refractivity contribution in [2.45, 2.75) is 36.4 Å². The van der Waals surface area contributed by atoms with Crippen LogP contribution in [-0.2, 0) is 22.7 Å². The third-order valence-electron chi connectivity index (χ3n) is 7.09. The second-order valence-corrected chi connectivity index (χ2v) is 11.7. The van der Waals surface area contributed by atoms with Crippen LogP contribution in [0, 0.1) is 0 Å². The lowest BCUT2D eigenvalue weighted by atomic mass is 9.90. The van der Waals surface area contributed by atoms with E-state index < -0.39 is 21.8 Å². The van der Waals surface area contributed by atoms with Gasteiger partial charge in [-0.3, -0.25) is 0 Å². The summed E-state index contributed by atoms with van der Waals surface area (Å²) in [5.74, 6) is 0.393. The molecule has 0 saturated carbocycles. The van der Waals surface area contributed by atoms with Gasteiger partial charge in [0.1, 0.15) is 10.6 Å². The van der Waals surface area contributed by atoms with Gasteiger partial charge in [-0.05, 0) is 66.3 Å². The Bertz CT molecular complexity index is 1560. The van der Waals surface area contributed by atoms with E-state index in [0.717, 1.165) is 34.2 Å². The lowest BCUT2D eigenvalue weighted by Crippen LogP contribution is -2.38. The fraction of sp³-hybridized carbons (Fsp3) is 0.286. The SMILES string of the molecule is COc1ccc(Cl)cc1S(=O)(=O)N1CCC(c2cn(Cc3ccc(C(F)(F)F)cc3)c3ccccc23)CC1. The molecule has 2 heterocycles. The second kappa shape index (κ2) is 10.3. The van der Waals surface area contributed by atoms with E-state index in [1.807, 2.05) is 28.8 Å². The Hall–Kier alpha value is -3.01. The van der Waals surface area contributed by atoms with Crippen molar-refractivity contribution >= 4 is 32.5 Å². The van der Waals surface area contributed by atoms with Gasteiger partial charge in [0.15, 0.2) is 0 Å². The molecule has 0 N–H and O–H groups in total. The minimum atomic E-state index is -4.37. The zero-order chi connectivity index (χ0) is 27.1. The fourth-order valence-electron chi connectivity index (χ4n) is 5.13. The molecule has 0 spiro atoms. The summed E-state index contributed by atoms with van der Waals surface area (Å²) in [6.07, 6.45) is -1.05. The van der Waals surface area contributed by atoms with E-state index in [0.29, 0.717) is 37.5 Å². The molecule has 0 atom stereocenters. The molecule has 1 aliphatic heterocycles. The Kier molecular flexibility index (Phi) is 7.19. The standard InChI is InChI=1S/C28H26ClF3N2O3S/c1-37-26-11-10-22(29)16-27(26)38(35,36)34-14-12-20(13-15-34)24-18-33(25-5-3-2-4-23(24)25)17-19-6-8-21(9-7-19)28(30,31)32/h2-11,16,18,20H,12-15,17H2,1H3. The number of fused-ring (bicyclic) bond motifs is 1. The van der Waals surface area contributed by atoms with Crippen LogP contribution in [0.1, 0.15) is 35.4 Å². The first-order valence-corrected chi connectivity index (χ1v) is 14.0. The number of ether oxygens (including phenoxy) is 1. The quantitative estimate of drug-likeness (QED) is 0.256. The highest BCUT2D eigenvalue weighted by atomic mass is 35.5. The van der Waals surface area contributed by atoms with Crippen molar-refractivity contribution in [2.24, 2.45) is 0 Å². The molecule has 1 saturated heterocycles. The first-order valence-electron chi connectivity index (χ1n) is 12.2. The highest BCUT2D eigenvalue weighted by Gasteiger charge is 2.33. The average Bonchev–Trinajstić information content (AvgIpc) is 3.27. The van der Waals surface area contributed by atoms with Gasteiger partial charge >= 0.3 is 6.18 Å². The number of hydrogen-bond donors (Lipinski definition) is 0. The van der Waals surface area contributed by atoms with Gasteiger partial charge in [0.2, 0.25) is 10.0 Å². The maximum absolute atomic E-state index is 13.4. The van der Waals surface area contributed by atoms with Crippen molar-refractivity contribution in [1.29, 1.82) is 0 Å². The Morgan fingerprint density at radius 2 is 1.68 bits per heavy atom. The maximum atomic E-state index is 13.4. The van der Waals surface area contributed by atoms with Crippen LogP contribution in [0.2, 0.25) is 5.02 Å². The summed E-state index contributed by atoms with van der Waals surface area (Å²) in [4.78, 5) is 0.0547. The highest BCUT2D eigenvalue weighted by Crippen LogP contribution is 2.38. The van der Waals surface area contributed by atoms with Crippen molar-refractivity contribution in [1.82, 2.24) is 8.87 Å². The van der Waals surface area contributed by atoms with E-state index in [9.17, 15) is 21.6 Å². The maximum Gasteiger partial charge on any atom is 0.416 e. The van der Waals surface area contributed by atoms with Gasteiger partial charge in [0.25, 0.3) is 0 Å². The van der Waals surface area contributed by atoms with Crippen LogP contribution in [0.3, 0.4) is 0 Å². The third kappa shape index (κ3) is 5.15. The summed E-state index contributed by atoms with van der Waals surface area (Å²) < 4.78 is 74.4. The Balaban J connectivity index is 1.37. The van der Waals surface area contributed by atoms with Gasteiger partial charge in [0, 0.05) is 41.8 Å². The lowest BCUT2D eigenvalue weighted by Gasteiger charge is -2.31. The van der Waals surface area contributed by atoms with Crippen LogP contribution in [0.5, 0.6) is 5.75 Å². The predicted molar refractivity (Wildman–Crippen MR) is 141 cm³/mol. The molecule has 1 aromatic heterocycles. The first-order chi connectivity index (χ1) is 18.1. The van der Waals surface area contributed by atoms with Gasteiger partial charge in [-0.2, -0.15) is 17.5 Å². The number of rotatable bonds is 6. The molecule has 5 nitrogen and oxygen atoms in total. The monoisotopic (exact) mass is 562 g/mol. The van der Waals surface area contributed by atoms with E-state index in [4.69, 9.17) is 16.3 Å². The van der Waals surface area contributed by atoms with Crippen LogP contribution < -0.4 is 4.74 Å². The molecule has 1 fully saturated rings. The van der Waals surface area contributed by atoms with Gasteiger partial charge < -0.3 is 9.30 Å². The Labute approximate surface area is 224 Å². The number of benzene rings is 3. The van der Waals surface area contributed by atoms with E-state index in [1.54, 1.807) is 12.1 Å². The number of nitrogens with zero attached hydrogens (tertiary/aromatic N) is 2. The van der Waals surface area contributed by atoms with Gasteiger partial charge in [-0.15, -0.1) is 0 Å². The molecule has 10 heteroatoms. The van der Waals surface area contributed by atoms with Crippen molar-refractivity contribution < 1.29 is 26.3 Å². The topological polar surface area (TPSA) is 51.5 Å². The van der Waals surface area contributed by atoms with Crippen molar-refractivity contribution in [3.8, 4) is 5.75 Å². The lowest BCUT2D eigenvalue weighted by molar-refractivity contribution is -0.137. The molecule has 0 bridgehead atoms. The number of aromatic nitrogens is 1. The third-order valence-corrected chi connectivity index (χ3v) is 9.25. The summed E-state index contributed by atoms with van der Waals surface area (Å²) in [6.45, 7) is 1.13. The number of alkyl halides is 3. The number of methoxy groups -OCH3 is 1. The molecule has 3 aromatic carbocycles. The number of sulfonamides is 1. The minimum Gasteiger partial charge on any atom is -0.495 e. The van der Waals surface area contributed by atoms with Crippen LogP contribution in [0.4, 0.5) is 13.2 Å². The van der Waals surface area contributed by atoms with Gasteiger partial charge in [-0.25, -0.2) is 8.42 Å². The molecule has 38 heavy (non-hydrogen) atoms. The molecule has 0 aliphatic carbocycles. The fourth-order valence-corrected chi connectivity index (χ4v) is 7.01. The zero-order valence-corrected chi connectivity index (χ0v) is 22.2. The van der Waals surface area contributed by atoms with Crippen molar-refractivity contribution in [3.05, 3.63) is 94.6 Å².